The highest BCUT2D eigenvalue weighted by Crippen LogP contribution is 2.36. The van der Waals surface area contributed by atoms with Gasteiger partial charge in [-0.25, -0.2) is 0 Å². The predicted octanol–water partition coefficient (Wildman–Crippen LogP) is 3.38. The molecule has 1 unspecified atom stereocenters. The van der Waals surface area contributed by atoms with Crippen molar-refractivity contribution in [1.82, 2.24) is 0 Å². The lowest BCUT2D eigenvalue weighted by molar-refractivity contribution is -0.178. The van der Waals surface area contributed by atoms with E-state index in [2.05, 4.69) is 0 Å². The van der Waals surface area contributed by atoms with E-state index in [4.69, 9.17) is 14.2 Å². The van der Waals surface area contributed by atoms with Crippen molar-refractivity contribution in [3.63, 3.8) is 0 Å². The van der Waals surface area contributed by atoms with Crippen molar-refractivity contribution in [1.29, 1.82) is 0 Å². The van der Waals surface area contributed by atoms with Gasteiger partial charge in [-0.1, -0.05) is 24.3 Å². The van der Waals surface area contributed by atoms with Crippen LogP contribution in [0.3, 0.4) is 0 Å². The quantitative estimate of drug-likeness (QED) is 0.566. The van der Waals surface area contributed by atoms with Crippen molar-refractivity contribution in [2.45, 2.75) is 32.6 Å². The van der Waals surface area contributed by atoms with Gasteiger partial charge in [-0.15, -0.1) is 0 Å². The minimum absolute atomic E-state index is 0.259. The number of carbonyl (C=O) groups is 2. The molecule has 0 radical (unpaired) electrons. The number of hydrogen-bond donors (Lipinski definition) is 0. The van der Waals surface area contributed by atoms with E-state index in [1.54, 1.807) is 14.0 Å². The van der Waals surface area contributed by atoms with E-state index < -0.39 is 17.4 Å². The first-order chi connectivity index (χ1) is 11.6. The number of cyclic esters (lactones) is 1. The summed E-state index contributed by atoms with van der Waals surface area (Å²) in [5.41, 5.74) is -0.120. The fraction of sp³-hybridized carbons (Fsp3) is 0.474. The molecule has 130 valence electrons. The lowest BCUT2D eigenvalue weighted by Gasteiger charge is -2.32. The van der Waals surface area contributed by atoms with Crippen molar-refractivity contribution < 1.29 is 23.8 Å². The third kappa shape index (κ3) is 4.16. The molecule has 1 aliphatic rings. The van der Waals surface area contributed by atoms with Crippen LogP contribution in [0.5, 0.6) is 5.75 Å². The van der Waals surface area contributed by atoms with Crippen LogP contribution >= 0.6 is 0 Å². The van der Waals surface area contributed by atoms with Crippen molar-refractivity contribution in [2.24, 2.45) is 5.41 Å². The monoisotopic (exact) mass is 332 g/mol. The van der Waals surface area contributed by atoms with Crippen molar-refractivity contribution in [2.75, 3.05) is 20.3 Å². The first kappa shape index (κ1) is 18.0. The molecule has 5 nitrogen and oxygen atoms in total. The normalized spacial score (nSPS) is 20.7. The standard InChI is InChI=1S/C19H24O5/c1-3-23-17(20)19(13-6-14-24-18(19)21)12-5-4-7-15-8-10-16(22-2)11-9-15/h4,7-11H,3,5-6,12-14H2,1-2H3/b7-4+. The van der Waals surface area contributed by atoms with Gasteiger partial charge in [0.1, 0.15) is 5.75 Å². The van der Waals surface area contributed by atoms with Crippen LogP contribution in [-0.2, 0) is 19.1 Å². The summed E-state index contributed by atoms with van der Waals surface area (Å²) in [5, 5.41) is 0. The molecule has 1 heterocycles. The summed E-state index contributed by atoms with van der Waals surface area (Å²) in [6.07, 6.45) is 6.10. The van der Waals surface area contributed by atoms with Crippen molar-refractivity contribution in [3.8, 4) is 5.75 Å². The molecule has 0 bridgehead atoms. The van der Waals surface area contributed by atoms with E-state index in [1.807, 2.05) is 36.4 Å². The van der Waals surface area contributed by atoms with Gasteiger partial charge in [0.25, 0.3) is 0 Å². The van der Waals surface area contributed by atoms with Crippen molar-refractivity contribution in [3.05, 3.63) is 35.9 Å². The lowest BCUT2D eigenvalue weighted by atomic mass is 9.77. The fourth-order valence-electron chi connectivity index (χ4n) is 2.83. The molecule has 0 spiro atoms. The third-order valence-corrected chi connectivity index (χ3v) is 4.20. The van der Waals surface area contributed by atoms with E-state index in [-0.39, 0.29) is 6.61 Å². The minimum atomic E-state index is -1.15. The zero-order chi connectivity index (χ0) is 17.4. The summed E-state index contributed by atoms with van der Waals surface area (Å²) in [6.45, 7) is 2.38. The number of benzene rings is 1. The molecular weight excluding hydrogens is 308 g/mol. The zero-order valence-corrected chi connectivity index (χ0v) is 14.2. The highest BCUT2D eigenvalue weighted by Gasteiger charge is 2.49. The predicted molar refractivity (Wildman–Crippen MR) is 90.5 cm³/mol. The Morgan fingerprint density at radius 1 is 1.33 bits per heavy atom. The molecule has 5 heteroatoms. The second-order valence-corrected chi connectivity index (χ2v) is 5.76. The SMILES string of the molecule is CCOC(=O)C1(CC/C=C/c2ccc(OC)cc2)CCCOC1=O. The molecule has 1 aromatic rings. The van der Waals surface area contributed by atoms with Gasteiger partial charge in [0.2, 0.25) is 0 Å². The Morgan fingerprint density at radius 2 is 2.08 bits per heavy atom. The smallest absolute Gasteiger partial charge is 0.323 e. The first-order valence-electron chi connectivity index (χ1n) is 8.27. The van der Waals surface area contributed by atoms with Gasteiger partial charge >= 0.3 is 11.9 Å². The Balaban J connectivity index is 2.00. The van der Waals surface area contributed by atoms with Crippen LogP contribution in [0.4, 0.5) is 0 Å². The average molecular weight is 332 g/mol. The first-order valence-corrected chi connectivity index (χ1v) is 8.27. The fourth-order valence-corrected chi connectivity index (χ4v) is 2.83. The van der Waals surface area contributed by atoms with E-state index in [9.17, 15) is 9.59 Å². The third-order valence-electron chi connectivity index (χ3n) is 4.20. The second kappa shape index (κ2) is 8.52. The van der Waals surface area contributed by atoms with Gasteiger partial charge in [-0.05, 0) is 50.3 Å². The Bertz CT molecular complexity index is 590. The molecule has 0 amide bonds. The lowest BCUT2D eigenvalue weighted by Crippen LogP contribution is -2.45. The summed E-state index contributed by atoms with van der Waals surface area (Å²) in [7, 11) is 1.63. The average Bonchev–Trinajstić information content (AvgIpc) is 2.61. The number of rotatable bonds is 7. The maximum atomic E-state index is 12.3. The molecule has 24 heavy (non-hydrogen) atoms. The van der Waals surface area contributed by atoms with E-state index in [0.717, 1.165) is 11.3 Å². The number of esters is 2. The zero-order valence-electron chi connectivity index (χ0n) is 14.2. The van der Waals surface area contributed by atoms with Crippen molar-refractivity contribution >= 4 is 18.0 Å². The van der Waals surface area contributed by atoms with Crippen LogP contribution < -0.4 is 4.74 Å². The van der Waals surface area contributed by atoms with Crippen LogP contribution in [0, 0.1) is 5.41 Å². The number of hydrogen-bond acceptors (Lipinski definition) is 5. The van der Waals surface area contributed by atoms with Gasteiger partial charge in [-0.2, -0.15) is 0 Å². The van der Waals surface area contributed by atoms with Gasteiger partial charge in [-0.3, -0.25) is 9.59 Å². The highest BCUT2D eigenvalue weighted by molar-refractivity contribution is 6.00. The van der Waals surface area contributed by atoms with Crippen LogP contribution in [0.15, 0.2) is 30.3 Å². The van der Waals surface area contributed by atoms with Gasteiger partial charge < -0.3 is 14.2 Å². The molecular formula is C19H24O5. The maximum Gasteiger partial charge on any atom is 0.323 e. The van der Waals surface area contributed by atoms with E-state index in [0.29, 0.717) is 32.3 Å². The summed E-state index contributed by atoms with van der Waals surface area (Å²) < 4.78 is 15.4. The van der Waals surface area contributed by atoms with Gasteiger partial charge in [0.05, 0.1) is 20.3 Å². The number of allylic oxidation sites excluding steroid dienone is 1. The summed E-state index contributed by atoms with van der Waals surface area (Å²) in [6, 6.07) is 7.67. The largest absolute Gasteiger partial charge is 0.497 e. The van der Waals surface area contributed by atoms with Crippen LogP contribution in [0.25, 0.3) is 6.08 Å². The molecule has 0 aliphatic carbocycles. The molecule has 1 atom stereocenters. The van der Waals surface area contributed by atoms with Crippen LogP contribution in [-0.4, -0.2) is 32.3 Å². The molecule has 1 aromatic carbocycles. The van der Waals surface area contributed by atoms with E-state index in [1.165, 1.54) is 0 Å². The topological polar surface area (TPSA) is 61.8 Å². The summed E-state index contributed by atoms with van der Waals surface area (Å²) in [4.78, 5) is 24.5. The molecule has 0 N–H and O–H groups in total. The van der Waals surface area contributed by atoms with Gasteiger partial charge in [0, 0.05) is 0 Å². The number of carbonyl (C=O) groups excluding carboxylic acids is 2. The number of methoxy groups -OCH3 is 1. The number of ether oxygens (including phenoxy) is 3. The highest BCUT2D eigenvalue weighted by atomic mass is 16.6. The summed E-state index contributed by atoms with van der Waals surface area (Å²) >= 11 is 0. The molecule has 1 aliphatic heterocycles. The van der Waals surface area contributed by atoms with Crippen LogP contribution in [0.2, 0.25) is 0 Å². The molecule has 0 aromatic heterocycles. The second-order valence-electron chi connectivity index (χ2n) is 5.76. The molecule has 1 saturated heterocycles. The van der Waals surface area contributed by atoms with Crippen LogP contribution in [0.1, 0.15) is 38.2 Å². The Kier molecular flexibility index (Phi) is 6.41. The minimum Gasteiger partial charge on any atom is -0.497 e. The molecule has 1 fully saturated rings. The Labute approximate surface area is 142 Å². The van der Waals surface area contributed by atoms with E-state index >= 15 is 0 Å². The Morgan fingerprint density at radius 3 is 2.71 bits per heavy atom. The van der Waals surface area contributed by atoms with Gasteiger partial charge in [0.15, 0.2) is 5.41 Å². The molecule has 0 saturated carbocycles. The summed E-state index contributed by atoms with van der Waals surface area (Å²) in [5.74, 6) is -0.115. The Hall–Kier alpha value is -2.30. The maximum absolute atomic E-state index is 12.3. The molecule has 2 rings (SSSR count).